The van der Waals surface area contributed by atoms with Crippen LogP contribution in [-0.2, 0) is 19.2 Å². The number of nitrogens with zero attached hydrogens (tertiary/aromatic N) is 2. The molecule has 0 unspecified atom stereocenters. The summed E-state index contributed by atoms with van der Waals surface area (Å²) in [5.41, 5.74) is 17.5. The van der Waals surface area contributed by atoms with Gasteiger partial charge >= 0.3 is 0 Å². The molecule has 3 aromatic heterocycles. The average Bonchev–Trinajstić information content (AvgIpc) is 1.61. The molecule has 0 radical (unpaired) electrons. The SMILES string of the molecule is CCCCCCCCCCCCNC(=O)[C@H](C)c1ccc(-c2c3nc(c(-c4ccc([C@@H](C)C(=O)NCCCCCCCCCCCC)cc4)c4ccc([nH]4)c(-c4ccc([C@@H](C)C(=O)NCCCCCCCCCCCC)cc4)c4nc(c(-c5ccc([C@@H](C)C(=O)NCCCCCCCCCCCC)cc5)c5ccc2[nH]5)C=C4)C=C3)cc1. The average molecular weight is 1570 g/mol. The first-order chi connectivity index (χ1) is 56.8. The lowest BCUT2D eigenvalue weighted by Crippen LogP contribution is -2.28. The first-order valence-corrected chi connectivity index (χ1v) is 46.5. The summed E-state index contributed by atoms with van der Waals surface area (Å²) in [4.78, 5) is 74.7. The quantitative estimate of drug-likeness (QED) is 0.0207. The van der Waals surface area contributed by atoms with E-state index >= 15 is 0 Å². The maximum atomic E-state index is 13.9. The number of unbranched alkanes of at least 4 members (excludes halogenated alkanes) is 36. The van der Waals surface area contributed by atoms with Gasteiger partial charge in [-0.15, -0.1) is 0 Å². The molecule has 5 heterocycles. The topological polar surface area (TPSA) is 174 Å². The van der Waals surface area contributed by atoms with Gasteiger partial charge in [0.1, 0.15) is 0 Å². The van der Waals surface area contributed by atoms with Crippen LogP contribution in [0.2, 0.25) is 0 Å². The summed E-state index contributed by atoms with van der Waals surface area (Å²) < 4.78 is 0. The molecule has 2 aliphatic rings. The van der Waals surface area contributed by atoms with Gasteiger partial charge in [-0.1, -0.05) is 356 Å². The predicted molar refractivity (Wildman–Crippen MR) is 494 cm³/mol. The summed E-state index contributed by atoms with van der Waals surface area (Å²) in [5.74, 6) is -1.28. The monoisotopic (exact) mass is 1570 g/mol. The van der Waals surface area contributed by atoms with E-state index in [0.29, 0.717) is 26.2 Å². The van der Waals surface area contributed by atoms with Crippen LogP contribution in [0, 0.1) is 0 Å². The third-order valence-corrected chi connectivity index (χ3v) is 24.4. The number of H-pyrrole nitrogens is 2. The molecule has 9 rings (SSSR count). The summed E-state index contributed by atoms with van der Waals surface area (Å²) >= 11 is 0. The van der Waals surface area contributed by atoms with Gasteiger partial charge in [-0.25, -0.2) is 9.97 Å². The molecular weight excluding hydrogens is 1430 g/mol. The van der Waals surface area contributed by atoms with Crippen LogP contribution in [-0.4, -0.2) is 69.7 Å². The number of hydrogen-bond donors (Lipinski definition) is 6. The van der Waals surface area contributed by atoms with E-state index < -0.39 is 0 Å². The van der Waals surface area contributed by atoms with Gasteiger partial charge < -0.3 is 31.2 Å². The highest BCUT2D eigenvalue weighted by molar-refractivity contribution is 6.00. The highest BCUT2D eigenvalue weighted by Gasteiger charge is 2.24. The van der Waals surface area contributed by atoms with Crippen LogP contribution in [0.25, 0.3) is 90.9 Å². The first kappa shape index (κ1) is 91.3. The minimum absolute atomic E-state index is 0.0316. The number of carbonyl (C=O) groups excluding carboxylic acids is 4. The standard InChI is InChI=1S/C104H146N8O4/c1-9-13-17-21-25-29-33-37-41-45-73-105-101(113)77(5)81-49-57-85(58-50-81)97-89-65-67-91(109-89)98(86-59-51-82(52-60-86)78(6)102(114)106-74-46-42-38-34-30-26-22-18-14-10-2)93-69-71-95(111-93)100(88-63-55-84(56-64-88)80(8)104(116)108-76-48-44-40-36-32-28-24-20-16-12-4)96-72-70-94(112-96)99(92-68-66-90(97)110-92)87-61-53-83(54-62-87)79(7)103(115)107-75-47-43-39-35-31-27-23-19-15-11-3/h49-72,77-80,109,112H,9-48,73-76H2,1-8H3,(H,105,113)(H,106,114)(H,107,115)(H,108,116)/t77-,78-,79-,80-/m1/s1. The highest BCUT2D eigenvalue weighted by atomic mass is 16.2. The Morgan fingerprint density at radius 2 is 0.405 bits per heavy atom. The van der Waals surface area contributed by atoms with Crippen LogP contribution in [0.15, 0.2) is 121 Å². The van der Waals surface area contributed by atoms with E-state index in [-0.39, 0.29) is 47.3 Å². The molecule has 12 heteroatoms. The molecular formula is C104H146N8O4. The van der Waals surface area contributed by atoms with Crippen molar-refractivity contribution in [3.05, 3.63) is 166 Å². The van der Waals surface area contributed by atoms with Crippen LogP contribution in [0.5, 0.6) is 0 Å². The molecule has 8 bridgehead atoms. The van der Waals surface area contributed by atoms with Crippen molar-refractivity contribution in [2.45, 2.75) is 336 Å². The fourth-order valence-electron chi connectivity index (χ4n) is 16.7. The number of benzene rings is 4. The Kier molecular flexibility index (Phi) is 40.5. The number of amides is 4. The Bertz CT molecular complexity index is 3770. The molecule has 116 heavy (non-hydrogen) atoms. The maximum absolute atomic E-state index is 13.9. The van der Waals surface area contributed by atoms with E-state index in [2.05, 4.69) is 205 Å². The predicted octanol–water partition coefficient (Wildman–Crippen LogP) is 27.9. The normalized spacial score (nSPS) is 12.9. The first-order valence-electron chi connectivity index (χ1n) is 46.5. The zero-order valence-electron chi connectivity index (χ0n) is 72.8. The van der Waals surface area contributed by atoms with Crippen molar-refractivity contribution < 1.29 is 19.2 Å². The Balaban J connectivity index is 1.07. The van der Waals surface area contributed by atoms with E-state index in [1.54, 1.807) is 0 Å². The van der Waals surface area contributed by atoms with Gasteiger partial charge in [-0.05, 0) is 146 Å². The summed E-state index contributed by atoms with van der Waals surface area (Å²) in [6, 6.07) is 42.3. The van der Waals surface area contributed by atoms with Crippen molar-refractivity contribution in [3.8, 4) is 44.5 Å². The molecule has 4 atom stereocenters. The molecule has 12 nitrogen and oxygen atoms in total. The molecule has 7 aromatic rings. The summed E-state index contributed by atoms with van der Waals surface area (Å²) in [5, 5.41) is 13.0. The Hall–Kier alpha value is -8.64. The van der Waals surface area contributed by atoms with Crippen molar-refractivity contribution in [1.82, 2.24) is 41.2 Å². The molecule has 0 aliphatic carbocycles. The van der Waals surface area contributed by atoms with Gasteiger partial charge in [0, 0.05) is 70.5 Å². The number of carbonyl (C=O) groups is 4. The van der Waals surface area contributed by atoms with Gasteiger partial charge in [0.05, 0.1) is 46.4 Å². The van der Waals surface area contributed by atoms with E-state index in [1.807, 2.05) is 27.7 Å². The van der Waals surface area contributed by atoms with Crippen LogP contribution in [0.4, 0.5) is 0 Å². The highest BCUT2D eigenvalue weighted by Crippen LogP contribution is 2.40. The van der Waals surface area contributed by atoms with Crippen LogP contribution in [0.3, 0.4) is 0 Å². The van der Waals surface area contributed by atoms with Crippen molar-refractivity contribution >= 4 is 70.0 Å². The molecule has 2 aliphatic heterocycles. The van der Waals surface area contributed by atoms with E-state index in [0.717, 1.165) is 163 Å². The van der Waals surface area contributed by atoms with Crippen molar-refractivity contribution in [1.29, 1.82) is 0 Å². The van der Waals surface area contributed by atoms with E-state index in [1.165, 1.54) is 205 Å². The lowest BCUT2D eigenvalue weighted by molar-refractivity contribution is -0.123. The van der Waals surface area contributed by atoms with Crippen molar-refractivity contribution in [2.75, 3.05) is 26.2 Å². The fourth-order valence-corrected chi connectivity index (χ4v) is 16.7. The van der Waals surface area contributed by atoms with Crippen molar-refractivity contribution in [2.24, 2.45) is 0 Å². The number of aromatic amines is 2. The second-order valence-corrected chi connectivity index (χ2v) is 33.8. The largest absolute Gasteiger partial charge is 0.356 e. The fraction of sp³-hybridized carbons (Fsp3) is 0.538. The van der Waals surface area contributed by atoms with Gasteiger partial charge in [0.15, 0.2) is 0 Å². The van der Waals surface area contributed by atoms with Gasteiger partial charge in [0.2, 0.25) is 23.6 Å². The number of hydrogen-bond acceptors (Lipinski definition) is 6. The van der Waals surface area contributed by atoms with E-state index in [4.69, 9.17) is 9.97 Å². The van der Waals surface area contributed by atoms with Gasteiger partial charge in [-0.2, -0.15) is 0 Å². The molecule has 6 N–H and O–H groups in total. The second-order valence-electron chi connectivity index (χ2n) is 33.8. The Labute approximate surface area is 699 Å². The number of aromatic nitrogens is 4. The number of nitrogens with one attached hydrogen (secondary N) is 6. The van der Waals surface area contributed by atoms with Crippen LogP contribution >= 0.6 is 0 Å². The molecule has 0 spiro atoms. The molecule has 0 saturated heterocycles. The third-order valence-electron chi connectivity index (χ3n) is 24.4. The minimum Gasteiger partial charge on any atom is -0.356 e. The van der Waals surface area contributed by atoms with Crippen LogP contribution in [0.1, 0.15) is 381 Å². The van der Waals surface area contributed by atoms with E-state index in [9.17, 15) is 19.2 Å². The molecule has 0 fully saturated rings. The Morgan fingerprint density at radius 1 is 0.241 bits per heavy atom. The second kappa shape index (κ2) is 51.5. The third kappa shape index (κ3) is 28.9. The van der Waals surface area contributed by atoms with Crippen LogP contribution < -0.4 is 21.3 Å². The molecule has 626 valence electrons. The lowest BCUT2D eigenvalue weighted by Gasteiger charge is -2.14. The minimum atomic E-state index is -0.351. The molecule has 4 aromatic carbocycles. The number of fused-ring (bicyclic) bond motifs is 8. The lowest BCUT2D eigenvalue weighted by atomic mass is 9.96. The van der Waals surface area contributed by atoms with Gasteiger partial charge in [-0.3, -0.25) is 19.2 Å². The molecule has 0 saturated carbocycles. The number of rotatable bonds is 56. The zero-order valence-corrected chi connectivity index (χ0v) is 72.8. The summed E-state index contributed by atoms with van der Waals surface area (Å²) in [6.45, 7) is 19.8. The maximum Gasteiger partial charge on any atom is 0.227 e. The zero-order chi connectivity index (χ0) is 81.9. The van der Waals surface area contributed by atoms with Crippen molar-refractivity contribution in [3.63, 3.8) is 0 Å². The Morgan fingerprint density at radius 3 is 0.578 bits per heavy atom. The smallest absolute Gasteiger partial charge is 0.227 e. The summed E-state index contributed by atoms with van der Waals surface area (Å²) in [7, 11) is 0. The molecule has 4 amide bonds. The summed E-state index contributed by atoms with van der Waals surface area (Å²) in [6.07, 6.45) is 58.4. The van der Waals surface area contributed by atoms with Gasteiger partial charge in [0.25, 0.3) is 0 Å².